The minimum atomic E-state index is -1.95. The molecule has 32 heteroatoms. The van der Waals surface area contributed by atoms with E-state index in [0.29, 0.717) is 17.0 Å². The Kier molecular flexibility index (Phi) is 27.0. The largest absolute Gasteiger partial charge is 0.495 e. The molecule has 4 aliphatic rings. The van der Waals surface area contributed by atoms with Gasteiger partial charge in [0.1, 0.15) is 58.6 Å². The Hall–Kier alpha value is -8.07. The van der Waals surface area contributed by atoms with Crippen LogP contribution < -0.4 is 47.3 Å². The van der Waals surface area contributed by atoms with E-state index in [9.17, 15) is 53.1 Å². The predicted molar refractivity (Wildman–Crippen MR) is 340 cm³/mol. The smallest absolute Gasteiger partial charge is 0.409 e. The maximum absolute atomic E-state index is 16.2. The first-order valence-corrected chi connectivity index (χ1v) is 31.3. The van der Waals surface area contributed by atoms with Crippen LogP contribution in [0.1, 0.15) is 102 Å². The number of epoxide rings is 1. The Balaban J connectivity index is 1.09. The molecule has 3 fully saturated rings. The molecule has 0 aliphatic carbocycles. The number of ether oxygens (including phenoxy) is 7. The summed E-state index contributed by atoms with van der Waals surface area (Å²) in [6, 6.07) is 2.14. The van der Waals surface area contributed by atoms with E-state index in [-0.39, 0.29) is 111 Å². The molecule has 2 aromatic carbocycles. The quantitative estimate of drug-likeness (QED) is 0.0220. The van der Waals surface area contributed by atoms with E-state index in [2.05, 4.69) is 31.9 Å². The normalized spacial score (nSPS) is 24.0. The third-order valence-corrected chi connectivity index (χ3v) is 17.0. The number of thiocarbonyl (C=S) groups is 1. The topological polar surface area (TPSA) is 376 Å². The number of methoxy groups -OCH3 is 2. The summed E-state index contributed by atoms with van der Waals surface area (Å²) in [4.78, 5) is 138. The van der Waals surface area contributed by atoms with E-state index >= 15 is 4.39 Å². The molecule has 0 aromatic heterocycles. The van der Waals surface area contributed by atoms with Crippen LogP contribution in [0.3, 0.4) is 0 Å². The molecule has 9 N–H and O–H groups in total. The molecule has 9 amide bonds. The first-order chi connectivity index (χ1) is 44.4. The van der Waals surface area contributed by atoms with Crippen LogP contribution in [0.25, 0.3) is 0 Å². The number of rotatable bonds is 26. The number of amides is 9. The zero-order valence-electron chi connectivity index (χ0n) is 54.1. The summed E-state index contributed by atoms with van der Waals surface area (Å²) in [5.41, 5.74) is 3.07. The fourth-order valence-electron chi connectivity index (χ4n) is 10.7. The number of hydrogen-bond acceptors (Lipinski definition) is 20. The minimum Gasteiger partial charge on any atom is -0.495 e. The fraction of sp³-hybridized carbons (Fsp3) is 0.565. The van der Waals surface area contributed by atoms with Crippen molar-refractivity contribution >= 4 is 99.8 Å². The molecule has 4 aliphatic heterocycles. The van der Waals surface area contributed by atoms with Crippen LogP contribution in [-0.4, -0.2) is 201 Å². The molecule has 4 heterocycles. The average Bonchev–Trinajstić information content (AvgIpc) is 1.57. The highest BCUT2D eigenvalue weighted by Gasteiger charge is 2.64. The van der Waals surface area contributed by atoms with Crippen molar-refractivity contribution in [1.82, 2.24) is 36.5 Å². The van der Waals surface area contributed by atoms with Gasteiger partial charge in [-0.15, -0.1) is 5.06 Å². The number of alkyl carbamates (subject to hydrolysis) is 1. The summed E-state index contributed by atoms with van der Waals surface area (Å²) in [5, 5.41) is 28.6. The molecule has 4 bridgehead atoms. The van der Waals surface area contributed by atoms with E-state index in [1.54, 1.807) is 58.1 Å². The number of esters is 1. The number of nitrogens with zero attached hydrogens (tertiary/aromatic N) is 3. The third-order valence-electron chi connectivity index (χ3n) is 16.3. The van der Waals surface area contributed by atoms with Crippen LogP contribution in [0.15, 0.2) is 54.1 Å². The Morgan fingerprint density at radius 3 is 2.30 bits per heavy atom. The zero-order valence-corrected chi connectivity index (χ0v) is 55.7. The van der Waals surface area contributed by atoms with Gasteiger partial charge in [0.15, 0.2) is 10.8 Å². The number of allylic oxidation sites excluding steroid dienone is 3. The number of carbonyl (C=O) groups excluding carboxylic acids is 10. The van der Waals surface area contributed by atoms with Crippen molar-refractivity contribution in [3.05, 3.63) is 76.1 Å². The first-order valence-electron chi connectivity index (χ1n) is 30.5. The summed E-state index contributed by atoms with van der Waals surface area (Å²) in [6.07, 6.45) is -0.518. The van der Waals surface area contributed by atoms with Crippen LogP contribution in [0.2, 0.25) is 5.02 Å². The highest BCUT2D eigenvalue weighted by Crippen LogP contribution is 2.49. The molecule has 0 spiro atoms. The van der Waals surface area contributed by atoms with Crippen molar-refractivity contribution in [3.63, 3.8) is 0 Å². The fourth-order valence-corrected chi connectivity index (χ4v) is 11.2. The summed E-state index contributed by atoms with van der Waals surface area (Å²) in [7, 11) is 5.54. The van der Waals surface area contributed by atoms with Gasteiger partial charge in [-0.2, -0.15) is 0 Å². The van der Waals surface area contributed by atoms with Crippen molar-refractivity contribution in [2.75, 3.05) is 78.0 Å². The van der Waals surface area contributed by atoms with Crippen molar-refractivity contribution in [2.24, 2.45) is 17.6 Å². The van der Waals surface area contributed by atoms with Gasteiger partial charge < -0.3 is 85.2 Å². The lowest BCUT2D eigenvalue weighted by atomic mass is 9.83. The molecule has 3 saturated heterocycles. The average molecular weight is 1360 g/mol. The molecule has 10 atom stereocenters. The van der Waals surface area contributed by atoms with Gasteiger partial charge in [0.05, 0.1) is 63.7 Å². The predicted octanol–water partition coefficient (Wildman–Crippen LogP) is 3.36. The minimum absolute atomic E-state index is 0.0214. The molecule has 94 heavy (non-hydrogen) atoms. The summed E-state index contributed by atoms with van der Waals surface area (Å²) >= 11 is 12.3. The standard InChI is InChI=1S/C62H84ClFN10O19S/c1-33(2)52(70-59(94)67-22-24-89-26-25-88-23-20-50(78)93-74-47(75)18-19-48(74)76)55(80)69-41(14-12-21-66-58(65)83)54(79)68-38-16-17-39(40(64)30-38)56(81)72(7)36(5)57(82)91-46-31-49(77)73(8)42-28-37(29-43(86-9)51(42)63)27-34(3)13-11-15-45(87-10)62(85)32-44(90-60(84)71-62)35(4)53-61(46,6)92-53/h11,13,15-17,28-30,33,35-36,41,44-46,52-53,85H,12,14,18-27,31-32H2,1-10H3,(H,68,79)(H,69,80)(H,71,84)(H3,65,66,83)(H2,67,70,94)/b15-11+,34-13+/t35-,36+,41+,44+,45-,46+,52+,53+,61+,62+/m1/s1. The van der Waals surface area contributed by atoms with Gasteiger partial charge in [0, 0.05) is 65.2 Å². The number of benzene rings is 2. The molecule has 516 valence electrons. The summed E-state index contributed by atoms with van der Waals surface area (Å²) in [5.74, 6) is -7.89. The molecule has 6 rings (SSSR count). The van der Waals surface area contributed by atoms with Crippen LogP contribution in [0, 0.1) is 17.7 Å². The number of primary amides is 1. The van der Waals surface area contributed by atoms with Crippen LogP contribution in [0.4, 0.5) is 25.4 Å². The van der Waals surface area contributed by atoms with Crippen LogP contribution in [-0.2, 0) is 73.2 Å². The Morgan fingerprint density at radius 1 is 0.957 bits per heavy atom. The number of imide groups is 1. The number of fused-ring (bicyclic) bond motifs is 5. The van der Waals surface area contributed by atoms with Gasteiger partial charge in [0.25, 0.3) is 17.7 Å². The van der Waals surface area contributed by atoms with Crippen molar-refractivity contribution in [2.45, 2.75) is 147 Å². The van der Waals surface area contributed by atoms with Gasteiger partial charge in [-0.25, -0.2) is 23.6 Å². The molecule has 0 saturated carbocycles. The molecule has 0 radical (unpaired) electrons. The number of nitrogens with two attached hydrogens (primary N) is 1. The van der Waals surface area contributed by atoms with Gasteiger partial charge >= 0.3 is 24.1 Å². The monoisotopic (exact) mass is 1360 g/mol. The molecule has 29 nitrogen and oxygen atoms in total. The molecule has 0 unspecified atom stereocenters. The second-order valence-corrected chi connectivity index (χ2v) is 24.4. The van der Waals surface area contributed by atoms with E-state index < -0.39 is 137 Å². The molecular weight excluding hydrogens is 1280 g/mol. The summed E-state index contributed by atoms with van der Waals surface area (Å²) < 4.78 is 56.5. The van der Waals surface area contributed by atoms with E-state index in [0.717, 1.165) is 22.6 Å². The summed E-state index contributed by atoms with van der Waals surface area (Å²) in [6.45, 7) is 10.6. The number of likely N-dealkylation sites (N-methyl/N-ethyl adjacent to an activating group) is 1. The van der Waals surface area contributed by atoms with Gasteiger partial charge in [-0.05, 0) is 94.1 Å². The number of hydrogen-bond donors (Lipinski definition) is 8. The number of urea groups is 1. The number of hydroxylamine groups is 2. The van der Waals surface area contributed by atoms with Crippen LogP contribution >= 0.6 is 23.8 Å². The maximum Gasteiger partial charge on any atom is 0.409 e. The number of nitrogens with one attached hydrogen (secondary N) is 6. The highest BCUT2D eigenvalue weighted by molar-refractivity contribution is 7.80. The Morgan fingerprint density at radius 2 is 1.65 bits per heavy atom. The van der Waals surface area contributed by atoms with E-state index in [1.165, 1.54) is 46.2 Å². The van der Waals surface area contributed by atoms with Crippen molar-refractivity contribution < 1.29 is 95.4 Å². The van der Waals surface area contributed by atoms with E-state index in [4.69, 9.17) is 67.5 Å². The second kappa shape index (κ2) is 33.9. The van der Waals surface area contributed by atoms with Gasteiger partial charge in [-0.1, -0.05) is 56.2 Å². The van der Waals surface area contributed by atoms with E-state index in [1.807, 2.05) is 6.92 Å². The zero-order chi connectivity index (χ0) is 69.4. The molecular formula is C62H84ClFN10O19S. The maximum atomic E-state index is 16.2. The second-order valence-electron chi connectivity index (χ2n) is 23.6. The van der Waals surface area contributed by atoms with Crippen LogP contribution in [0.5, 0.6) is 5.75 Å². The Labute approximate surface area is 553 Å². The lowest BCUT2D eigenvalue weighted by Gasteiger charge is -2.42. The highest BCUT2D eigenvalue weighted by atomic mass is 35.5. The number of aliphatic hydroxyl groups is 1. The lowest BCUT2D eigenvalue weighted by molar-refractivity contribution is -0.198. The lowest BCUT2D eigenvalue weighted by Crippen LogP contribution is -2.63. The SMILES string of the molecule is COc1cc2cc(c1Cl)N(C)C(=O)C[C@H](OC(=O)[C@H](C)N(C)C(=O)c1ccc(NC(=O)[C@H](CCCNC(N)=O)NC(=O)[C@@H](NC(=S)NCCOCCOCCC(=O)ON3C(=O)CCC3=O)C(C)C)cc1F)[C@]1(C)O[C@H]1[C@H](C)[C@@H]1C[C@@](O)(NC(=O)O1)[C@H](OC)/C=C/C=C(\C)C2. The third kappa shape index (κ3) is 20.0. The van der Waals surface area contributed by atoms with Gasteiger partial charge in [0.2, 0.25) is 17.7 Å². The first kappa shape index (κ1) is 75.0. The van der Waals surface area contributed by atoms with Gasteiger partial charge in [-0.3, -0.25) is 34.1 Å². The van der Waals surface area contributed by atoms with Crippen molar-refractivity contribution in [3.8, 4) is 5.75 Å². The number of carbonyl (C=O) groups is 10. The number of anilines is 2. The van der Waals surface area contributed by atoms with Crippen molar-refractivity contribution in [1.29, 1.82) is 0 Å². The molecule has 2 aromatic rings. The Bertz CT molecular complexity index is 3220. The number of halogens is 2.